The fourth-order valence-electron chi connectivity index (χ4n) is 1.40. The lowest BCUT2D eigenvalue weighted by Crippen LogP contribution is -2.28. The van der Waals surface area contributed by atoms with Crippen LogP contribution in [0, 0.1) is 0 Å². The Bertz CT molecular complexity index is 469. The average Bonchev–Trinajstić information content (AvgIpc) is 2.27. The molecule has 0 unspecified atom stereocenters. The number of aliphatic hydroxyl groups is 3. The van der Waals surface area contributed by atoms with Crippen molar-refractivity contribution in [3.8, 4) is 0 Å². The lowest BCUT2D eigenvalue weighted by molar-refractivity contribution is 0.123. The number of hydrogen-bond donors (Lipinski definition) is 4. The molecule has 2 atom stereocenters. The molecule has 0 aliphatic rings. The zero-order valence-corrected chi connectivity index (χ0v) is 9.32. The molecule has 0 fully saturated rings. The van der Waals surface area contributed by atoms with Crippen molar-refractivity contribution in [3.05, 3.63) is 34.8 Å². The summed E-state index contributed by atoms with van der Waals surface area (Å²) in [4.78, 5) is 15.0. The summed E-state index contributed by atoms with van der Waals surface area (Å²) >= 11 is 0. The Morgan fingerprint density at radius 2 is 2.35 bits per heavy atom. The Morgan fingerprint density at radius 3 is 2.88 bits per heavy atom. The van der Waals surface area contributed by atoms with Gasteiger partial charge in [0, 0.05) is 18.7 Å². The Hall–Kier alpha value is -2.02. The third-order valence-electron chi connectivity index (χ3n) is 2.36. The van der Waals surface area contributed by atoms with E-state index in [0.29, 0.717) is 6.26 Å². The van der Waals surface area contributed by atoms with Gasteiger partial charge in [-0.1, -0.05) is 0 Å². The van der Waals surface area contributed by atoms with Crippen LogP contribution in [0.4, 0.5) is 5.82 Å². The van der Waals surface area contributed by atoms with E-state index in [0.717, 1.165) is 0 Å². The predicted octanol–water partition coefficient (Wildman–Crippen LogP) is 0.0949. The fourth-order valence-corrected chi connectivity index (χ4v) is 1.40. The fraction of sp³-hybridized carbons (Fsp3) is 0.400. The Labute approximate surface area is 97.5 Å². The molecule has 1 heterocycles. The summed E-state index contributed by atoms with van der Waals surface area (Å²) in [6.45, 7) is 1.67. The summed E-state index contributed by atoms with van der Waals surface area (Å²) in [5.41, 5.74) is 4.81. The van der Waals surface area contributed by atoms with Gasteiger partial charge in [-0.3, -0.25) is 4.57 Å². The van der Waals surface area contributed by atoms with E-state index in [9.17, 15) is 9.90 Å². The van der Waals surface area contributed by atoms with Crippen molar-refractivity contribution >= 4 is 5.82 Å². The molecule has 1 aromatic heterocycles. The highest BCUT2D eigenvalue weighted by molar-refractivity contribution is 5.23. The second-order valence-corrected chi connectivity index (χ2v) is 3.70. The zero-order valence-electron chi connectivity index (χ0n) is 9.32. The molecule has 0 aliphatic heterocycles. The molecule has 0 saturated heterocycles. The number of rotatable bonds is 4. The van der Waals surface area contributed by atoms with Gasteiger partial charge in [0.2, 0.25) is 0 Å². The average molecular weight is 241 g/mol. The minimum atomic E-state index is -1.24. The van der Waals surface area contributed by atoms with Crippen LogP contribution in [-0.4, -0.2) is 31.0 Å². The zero-order chi connectivity index (χ0) is 13.0. The van der Waals surface area contributed by atoms with Crippen LogP contribution in [0.15, 0.2) is 29.1 Å². The first kappa shape index (κ1) is 13.0. The maximum atomic E-state index is 11.5. The monoisotopic (exact) mass is 241 g/mol. The number of nitrogen functional groups attached to an aromatic ring is 1. The van der Waals surface area contributed by atoms with Crippen LogP contribution in [0.1, 0.15) is 19.4 Å². The van der Waals surface area contributed by atoms with Crippen LogP contribution < -0.4 is 11.4 Å². The Kier molecular flexibility index (Phi) is 4.11. The van der Waals surface area contributed by atoms with Gasteiger partial charge in [-0.05, 0) is 13.0 Å². The molecule has 0 radical (unpaired) electrons. The number of nitrogens with zero attached hydrogens (tertiary/aromatic N) is 2. The highest BCUT2D eigenvalue weighted by Crippen LogP contribution is 2.14. The van der Waals surface area contributed by atoms with Gasteiger partial charge in [0.15, 0.2) is 5.76 Å². The molecule has 7 heteroatoms. The Balaban J connectivity index is 2.83. The molecule has 1 rings (SSSR count). The van der Waals surface area contributed by atoms with E-state index in [1.807, 2.05) is 0 Å². The van der Waals surface area contributed by atoms with E-state index in [-0.39, 0.29) is 12.2 Å². The predicted molar refractivity (Wildman–Crippen MR) is 61.6 cm³/mol. The number of anilines is 1. The van der Waals surface area contributed by atoms with Crippen LogP contribution in [0.25, 0.3) is 0 Å². The first-order chi connectivity index (χ1) is 7.95. The van der Waals surface area contributed by atoms with Gasteiger partial charge in [-0.2, -0.15) is 4.98 Å². The maximum Gasteiger partial charge on any atom is 0.349 e. The van der Waals surface area contributed by atoms with Gasteiger partial charge in [0.25, 0.3) is 0 Å². The molecule has 94 valence electrons. The van der Waals surface area contributed by atoms with Crippen LogP contribution in [0.5, 0.6) is 0 Å². The van der Waals surface area contributed by atoms with Crippen molar-refractivity contribution in [1.29, 1.82) is 0 Å². The van der Waals surface area contributed by atoms with Crippen molar-refractivity contribution in [1.82, 2.24) is 9.55 Å². The summed E-state index contributed by atoms with van der Waals surface area (Å²) in [6.07, 6.45) is 0.705. The highest BCUT2D eigenvalue weighted by atomic mass is 16.3. The van der Waals surface area contributed by atoms with Gasteiger partial charge in [-0.15, -0.1) is 0 Å². The second-order valence-electron chi connectivity index (χ2n) is 3.70. The van der Waals surface area contributed by atoms with E-state index < -0.39 is 23.6 Å². The molecule has 5 N–H and O–H groups in total. The van der Waals surface area contributed by atoms with Gasteiger partial charge in [0.1, 0.15) is 18.2 Å². The van der Waals surface area contributed by atoms with E-state index in [4.69, 9.17) is 15.9 Å². The van der Waals surface area contributed by atoms with E-state index in [1.54, 1.807) is 6.92 Å². The van der Waals surface area contributed by atoms with Gasteiger partial charge < -0.3 is 21.1 Å². The smallest absolute Gasteiger partial charge is 0.349 e. The number of aromatic nitrogens is 2. The molecule has 7 nitrogen and oxygen atoms in total. The van der Waals surface area contributed by atoms with Crippen molar-refractivity contribution in [3.63, 3.8) is 0 Å². The molecule has 0 saturated carbocycles. The molecule has 0 aliphatic carbocycles. The van der Waals surface area contributed by atoms with Crippen LogP contribution in [0.3, 0.4) is 0 Å². The Morgan fingerprint density at radius 1 is 1.71 bits per heavy atom. The molecule has 0 aromatic carbocycles. The normalized spacial score (nSPS) is 15.5. The van der Waals surface area contributed by atoms with Gasteiger partial charge >= 0.3 is 5.69 Å². The summed E-state index contributed by atoms with van der Waals surface area (Å²) in [7, 11) is 0. The van der Waals surface area contributed by atoms with Crippen LogP contribution >= 0.6 is 0 Å². The molecule has 0 amide bonds. The topological polar surface area (TPSA) is 122 Å². The molecule has 1 aromatic rings. The van der Waals surface area contributed by atoms with Crippen molar-refractivity contribution < 1.29 is 15.3 Å². The van der Waals surface area contributed by atoms with Gasteiger partial charge in [0.05, 0.1) is 0 Å². The first-order valence-corrected chi connectivity index (χ1v) is 5.01. The van der Waals surface area contributed by atoms with E-state index in [2.05, 4.69) is 4.98 Å². The van der Waals surface area contributed by atoms with Crippen molar-refractivity contribution in [2.45, 2.75) is 25.5 Å². The van der Waals surface area contributed by atoms with Crippen molar-refractivity contribution in [2.24, 2.45) is 0 Å². The quantitative estimate of drug-likeness (QED) is 0.554. The molecule has 0 spiro atoms. The number of nitrogens with two attached hydrogens (primary N) is 1. The SMILES string of the molecule is C[C@H](C[C@H](O)/C(O)=C/O)n1ccc(N)nc1=O. The molecular weight excluding hydrogens is 226 g/mol. The first-order valence-electron chi connectivity index (χ1n) is 5.01. The summed E-state index contributed by atoms with van der Waals surface area (Å²) < 4.78 is 1.28. The lowest BCUT2D eigenvalue weighted by Gasteiger charge is -2.17. The number of hydrogen-bond acceptors (Lipinski definition) is 6. The van der Waals surface area contributed by atoms with E-state index >= 15 is 0 Å². The third-order valence-corrected chi connectivity index (χ3v) is 2.36. The second kappa shape index (κ2) is 5.35. The standard InChI is InChI=1S/C10H15N3O4/c1-6(4-7(15)8(16)5-14)13-3-2-9(11)12-10(13)17/h2-3,5-7,14-16H,4H2,1H3,(H2,11,12,17)/b8-5-/t6-,7+/m1/s1. The molecular formula is C10H15N3O4. The summed E-state index contributed by atoms with van der Waals surface area (Å²) in [6, 6.07) is 1.07. The van der Waals surface area contributed by atoms with Crippen molar-refractivity contribution in [2.75, 3.05) is 5.73 Å². The lowest BCUT2D eigenvalue weighted by atomic mass is 10.1. The van der Waals surface area contributed by atoms with E-state index in [1.165, 1.54) is 16.8 Å². The molecule has 0 bridgehead atoms. The maximum absolute atomic E-state index is 11.5. The largest absolute Gasteiger partial charge is 0.512 e. The van der Waals surface area contributed by atoms with Crippen LogP contribution in [-0.2, 0) is 0 Å². The minimum Gasteiger partial charge on any atom is -0.512 e. The summed E-state index contributed by atoms with van der Waals surface area (Å²) in [5.74, 6) is -0.426. The highest BCUT2D eigenvalue weighted by Gasteiger charge is 2.16. The van der Waals surface area contributed by atoms with Gasteiger partial charge in [-0.25, -0.2) is 4.79 Å². The third kappa shape index (κ3) is 3.22. The number of aliphatic hydroxyl groups excluding tert-OH is 3. The minimum absolute atomic E-state index is 0.0639. The summed E-state index contributed by atoms with van der Waals surface area (Å²) in [5, 5.41) is 27.0. The molecule has 17 heavy (non-hydrogen) atoms. The van der Waals surface area contributed by atoms with Crippen LogP contribution in [0.2, 0.25) is 0 Å².